The number of carbonyl (C=O) groups is 2. The van der Waals surface area contributed by atoms with E-state index in [0.717, 1.165) is 16.0 Å². The summed E-state index contributed by atoms with van der Waals surface area (Å²) in [6, 6.07) is 14.7. The standard InChI is InChI=1S/C20H20N2O3S/c1-13-8-9-14(2)18(10-13)26-12-19(23)25-15(3)20(24)22-17-7-5-4-6-16(17)11-21/h4-10,15H,12H2,1-3H3,(H,22,24)/t15-/m1/s1. The number of thioether (sulfide) groups is 1. The van der Waals surface area contributed by atoms with E-state index in [4.69, 9.17) is 10.00 Å². The molecule has 0 fully saturated rings. The normalized spacial score (nSPS) is 11.3. The van der Waals surface area contributed by atoms with Gasteiger partial charge in [-0.1, -0.05) is 29.8 Å². The van der Waals surface area contributed by atoms with Crippen LogP contribution in [0.3, 0.4) is 0 Å². The van der Waals surface area contributed by atoms with Crippen molar-refractivity contribution in [2.75, 3.05) is 11.1 Å². The van der Waals surface area contributed by atoms with E-state index in [-0.39, 0.29) is 5.75 Å². The Bertz CT molecular complexity index is 858. The molecule has 0 unspecified atom stereocenters. The van der Waals surface area contributed by atoms with E-state index in [1.807, 2.05) is 38.1 Å². The second kappa shape index (κ2) is 9.07. The first-order chi connectivity index (χ1) is 12.4. The molecule has 0 spiro atoms. The van der Waals surface area contributed by atoms with Crippen molar-refractivity contribution in [3.63, 3.8) is 0 Å². The number of aryl methyl sites for hydroxylation is 2. The SMILES string of the molecule is Cc1ccc(C)c(SCC(=O)O[C@H](C)C(=O)Nc2ccccc2C#N)c1. The summed E-state index contributed by atoms with van der Waals surface area (Å²) in [4.78, 5) is 25.2. The molecule has 26 heavy (non-hydrogen) atoms. The molecule has 2 aromatic rings. The molecule has 5 nitrogen and oxygen atoms in total. The van der Waals surface area contributed by atoms with Crippen molar-refractivity contribution in [3.8, 4) is 6.07 Å². The predicted octanol–water partition coefficient (Wildman–Crippen LogP) is 3.84. The summed E-state index contributed by atoms with van der Waals surface area (Å²) in [6.07, 6.45) is -0.951. The van der Waals surface area contributed by atoms with Crippen LogP contribution in [-0.4, -0.2) is 23.7 Å². The maximum absolute atomic E-state index is 12.2. The third kappa shape index (κ3) is 5.36. The lowest BCUT2D eigenvalue weighted by Crippen LogP contribution is -2.30. The number of benzene rings is 2. The fourth-order valence-electron chi connectivity index (χ4n) is 2.21. The van der Waals surface area contributed by atoms with Crippen molar-refractivity contribution < 1.29 is 14.3 Å². The summed E-state index contributed by atoms with van der Waals surface area (Å²) in [5.41, 5.74) is 2.96. The van der Waals surface area contributed by atoms with Gasteiger partial charge in [0, 0.05) is 4.90 Å². The molecule has 0 aromatic heterocycles. The van der Waals surface area contributed by atoms with Crippen LogP contribution in [0.4, 0.5) is 5.69 Å². The molecule has 2 rings (SSSR count). The number of nitriles is 1. The van der Waals surface area contributed by atoms with Crippen LogP contribution in [0, 0.1) is 25.2 Å². The van der Waals surface area contributed by atoms with E-state index in [9.17, 15) is 9.59 Å². The fourth-order valence-corrected chi connectivity index (χ4v) is 3.11. The molecular formula is C20H20N2O3S. The molecule has 0 heterocycles. The number of hydrogen-bond acceptors (Lipinski definition) is 5. The number of amides is 1. The Morgan fingerprint density at radius 1 is 1.23 bits per heavy atom. The van der Waals surface area contributed by atoms with Crippen LogP contribution < -0.4 is 5.32 Å². The molecule has 1 N–H and O–H groups in total. The molecule has 2 aromatic carbocycles. The highest BCUT2D eigenvalue weighted by molar-refractivity contribution is 8.00. The van der Waals surface area contributed by atoms with Crippen molar-refractivity contribution in [1.29, 1.82) is 5.26 Å². The molecule has 134 valence electrons. The van der Waals surface area contributed by atoms with Gasteiger partial charge >= 0.3 is 5.97 Å². The van der Waals surface area contributed by atoms with Gasteiger partial charge < -0.3 is 10.1 Å². The number of hydrogen-bond donors (Lipinski definition) is 1. The van der Waals surface area contributed by atoms with Gasteiger partial charge in [-0.05, 0) is 44.5 Å². The van der Waals surface area contributed by atoms with Gasteiger partial charge in [-0.15, -0.1) is 11.8 Å². The lowest BCUT2D eigenvalue weighted by Gasteiger charge is -2.14. The molecule has 0 bridgehead atoms. The first kappa shape index (κ1) is 19.5. The van der Waals surface area contributed by atoms with E-state index in [0.29, 0.717) is 11.3 Å². The summed E-state index contributed by atoms with van der Waals surface area (Å²) in [7, 11) is 0. The minimum Gasteiger partial charge on any atom is -0.452 e. The number of ether oxygens (including phenoxy) is 1. The van der Waals surface area contributed by atoms with E-state index in [1.54, 1.807) is 24.3 Å². The lowest BCUT2D eigenvalue weighted by atomic mass is 10.2. The smallest absolute Gasteiger partial charge is 0.317 e. The quantitative estimate of drug-likeness (QED) is 0.619. The Hall–Kier alpha value is -2.78. The zero-order valence-electron chi connectivity index (χ0n) is 14.9. The lowest BCUT2D eigenvalue weighted by molar-refractivity contribution is -0.150. The average molecular weight is 368 g/mol. The van der Waals surface area contributed by atoms with Crippen LogP contribution >= 0.6 is 11.8 Å². The number of nitrogens with one attached hydrogen (secondary N) is 1. The minimum atomic E-state index is -0.951. The zero-order chi connectivity index (χ0) is 19.1. The fraction of sp³-hybridized carbons (Fsp3) is 0.250. The summed E-state index contributed by atoms with van der Waals surface area (Å²) >= 11 is 1.38. The molecule has 1 amide bonds. The van der Waals surface area contributed by atoms with Gasteiger partial charge in [-0.25, -0.2) is 0 Å². The summed E-state index contributed by atoms with van der Waals surface area (Å²) in [6.45, 7) is 5.48. The number of nitrogens with zero attached hydrogens (tertiary/aromatic N) is 1. The van der Waals surface area contributed by atoms with Crippen LogP contribution in [0.15, 0.2) is 47.4 Å². The number of anilines is 1. The Labute approximate surface area is 157 Å². The average Bonchev–Trinajstić information content (AvgIpc) is 2.62. The second-order valence-corrected chi connectivity index (χ2v) is 6.85. The Morgan fingerprint density at radius 3 is 2.69 bits per heavy atom. The van der Waals surface area contributed by atoms with E-state index >= 15 is 0 Å². The summed E-state index contributed by atoms with van der Waals surface area (Å²) in [5.74, 6) is -0.818. The van der Waals surface area contributed by atoms with Gasteiger partial charge in [0.05, 0.1) is 17.0 Å². The number of rotatable bonds is 6. The molecule has 1 atom stereocenters. The van der Waals surface area contributed by atoms with Crippen LogP contribution in [0.5, 0.6) is 0 Å². The topological polar surface area (TPSA) is 79.2 Å². The van der Waals surface area contributed by atoms with E-state index in [1.165, 1.54) is 18.7 Å². The predicted molar refractivity (Wildman–Crippen MR) is 102 cm³/mol. The molecule has 0 aliphatic rings. The van der Waals surface area contributed by atoms with Gasteiger partial charge in [0.2, 0.25) is 0 Å². The van der Waals surface area contributed by atoms with Crippen LogP contribution in [0.2, 0.25) is 0 Å². The maximum atomic E-state index is 12.2. The van der Waals surface area contributed by atoms with E-state index < -0.39 is 18.0 Å². The van der Waals surface area contributed by atoms with Crippen LogP contribution in [0.25, 0.3) is 0 Å². The maximum Gasteiger partial charge on any atom is 0.317 e. The first-order valence-electron chi connectivity index (χ1n) is 8.10. The zero-order valence-corrected chi connectivity index (χ0v) is 15.7. The van der Waals surface area contributed by atoms with Crippen molar-refractivity contribution in [2.24, 2.45) is 0 Å². The second-order valence-electron chi connectivity index (χ2n) is 5.84. The van der Waals surface area contributed by atoms with Gasteiger partial charge in [0.25, 0.3) is 5.91 Å². The third-order valence-electron chi connectivity index (χ3n) is 3.67. The Balaban J connectivity index is 1.89. The van der Waals surface area contributed by atoms with Crippen molar-refractivity contribution in [1.82, 2.24) is 0 Å². The Morgan fingerprint density at radius 2 is 1.96 bits per heavy atom. The van der Waals surface area contributed by atoms with Crippen molar-refractivity contribution in [2.45, 2.75) is 31.8 Å². The van der Waals surface area contributed by atoms with E-state index in [2.05, 4.69) is 5.32 Å². The molecule has 6 heteroatoms. The molecule has 0 saturated carbocycles. The summed E-state index contributed by atoms with van der Waals surface area (Å²) < 4.78 is 5.19. The molecule has 0 radical (unpaired) electrons. The van der Waals surface area contributed by atoms with Crippen molar-refractivity contribution >= 4 is 29.3 Å². The molecule has 0 aliphatic carbocycles. The highest BCUT2D eigenvalue weighted by atomic mass is 32.2. The number of para-hydroxylation sites is 1. The monoisotopic (exact) mass is 368 g/mol. The third-order valence-corrected chi connectivity index (χ3v) is 4.80. The van der Waals surface area contributed by atoms with Gasteiger partial charge in [0.1, 0.15) is 6.07 Å². The number of esters is 1. The van der Waals surface area contributed by atoms with Gasteiger partial charge in [-0.2, -0.15) is 5.26 Å². The van der Waals surface area contributed by atoms with Crippen LogP contribution in [0.1, 0.15) is 23.6 Å². The highest BCUT2D eigenvalue weighted by Crippen LogP contribution is 2.23. The highest BCUT2D eigenvalue weighted by Gasteiger charge is 2.19. The Kier molecular flexibility index (Phi) is 6.81. The number of carbonyl (C=O) groups excluding carboxylic acids is 2. The molecule has 0 aliphatic heterocycles. The summed E-state index contributed by atoms with van der Waals surface area (Å²) in [5, 5.41) is 11.7. The molecular weight excluding hydrogens is 348 g/mol. The minimum absolute atomic E-state index is 0.122. The first-order valence-corrected chi connectivity index (χ1v) is 9.09. The van der Waals surface area contributed by atoms with Gasteiger partial charge in [-0.3, -0.25) is 9.59 Å². The molecule has 0 saturated heterocycles. The van der Waals surface area contributed by atoms with Crippen LogP contribution in [-0.2, 0) is 14.3 Å². The largest absolute Gasteiger partial charge is 0.452 e. The van der Waals surface area contributed by atoms with Gasteiger partial charge in [0.15, 0.2) is 6.10 Å². The van der Waals surface area contributed by atoms with Crippen molar-refractivity contribution in [3.05, 3.63) is 59.2 Å².